The van der Waals surface area contributed by atoms with E-state index in [2.05, 4.69) is 10.8 Å². The van der Waals surface area contributed by atoms with Crippen molar-refractivity contribution in [3.05, 3.63) is 43.9 Å². The third-order valence-corrected chi connectivity index (χ3v) is 4.77. The number of halogens is 3. The second-order valence-electron chi connectivity index (χ2n) is 5.83. The maximum absolute atomic E-state index is 14.2. The molecule has 1 aromatic heterocycles. The molecular weight excluding hydrogens is 508 g/mol. The average molecular weight is 526 g/mol. The molecule has 1 aromatic carbocycles. The number of benzene rings is 1. The second kappa shape index (κ2) is 9.65. The number of hydrogen-bond donors (Lipinski definition) is 4. The molecule has 8 nitrogen and oxygen atoms in total. The molecule has 1 amide bonds. The molecule has 1 atom stereocenters. The molecule has 2 aromatic rings. The van der Waals surface area contributed by atoms with Crippen molar-refractivity contribution in [3.8, 4) is 0 Å². The summed E-state index contributed by atoms with van der Waals surface area (Å²) in [6, 6.07) is 4.46. The van der Waals surface area contributed by atoms with E-state index in [4.69, 9.17) is 21.5 Å². The summed E-state index contributed by atoms with van der Waals surface area (Å²) in [6.45, 7) is 0.377. The van der Waals surface area contributed by atoms with Crippen molar-refractivity contribution in [1.82, 2.24) is 10.0 Å². The van der Waals surface area contributed by atoms with Crippen LogP contribution in [0.15, 0.2) is 18.2 Å². The maximum atomic E-state index is 14.2. The van der Waals surface area contributed by atoms with E-state index >= 15 is 0 Å². The second-order valence-corrected chi connectivity index (χ2v) is 7.45. The van der Waals surface area contributed by atoms with Crippen LogP contribution in [0.3, 0.4) is 0 Å². The van der Waals surface area contributed by atoms with Crippen LogP contribution < -0.4 is 10.8 Å². The number of anilines is 2. The topological polar surface area (TPSA) is 113 Å². The van der Waals surface area contributed by atoms with Crippen molar-refractivity contribution in [2.24, 2.45) is 7.05 Å². The molecule has 0 saturated heterocycles. The predicted molar refractivity (Wildman–Crippen MR) is 109 cm³/mol. The van der Waals surface area contributed by atoms with Crippen LogP contribution in [0.2, 0.25) is 5.02 Å². The Morgan fingerprint density at radius 1 is 1.43 bits per heavy atom. The summed E-state index contributed by atoms with van der Waals surface area (Å²) in [7, 11) is 1.50. The van der Waals surface area contributed by atoms with Gasteiger partial charge in [0.1, 0.15) is 35.6 Å². The molecule has 0 aliphatic rings. The van der Waals surface area contributed by atoms with Gasteiger partial charge >= 0.3 is 0 Å². The summed E-state index contributed by atoms with van der Waals surface area (Å²) >= 11 is 8.20. The van der Waals surface area contributed by atoms with Gasteiger partial charge in [0.2, 0.25) is 0 Å². The lowest BCUT2D eigenvalue weighted by atomic mass is 10.2. The highest BCUT2D eigenvalue weighted by molar-refractivity contribution is 14.1. The zero-order valence-electron chi connectivity index (χ0n) is 14.9. The van der Waals surface area contributed by atoms with E-state index in [1.54, 1.807) is 6.07 Å². The number of nitrogens with one attached hydrogen (secondary N) is 2. The van der Waals surface area contributed by atoms with Crippen LogP contribution in [0.4, 0.5) is 15.9 Å². The molecule has 0 fully saturated rings. The lowest BCUT2D eigenvalue weighted by molar-refractivity contribution is -0.0295. The fourth-order valence-electron chi connectivity index (χ4n) is 2.42. The van der Waals surface area contributed by atoms with Crippen molar-refractivity contribution in [2.75, 3.05) is 18.5 Å². The number of amides is 1. The third-order valence-electron chi connectivity index (χ3n) is 3.73. The molecule has 4 N–H and O–H groups in total. The van der Waals surface area contributed by atoms with E-state index in [0.717, 1.165) is 0 Å². The summed E-state index contributed by atoms with van der Waals surface area (Å²) in [5.41, 5.74) is 2.08. The maximum Gasteiger partial charge on any atom is 0.280 e. The monoisotopic (exact) mass is 525 g/mol. The van der Waals surface area contributed by atoms with Gasteiger partial charge in [-0.1, -0.05) is 11.6 Å². The number of carbonyl (C=O) groups is 2. The zero-order chi connectivity index (χ0) is 21.0. The highest BCUT2D eigenvalue weighted by atomic mass is 127. The first-order chi connectivity index (χ1) is 13.2. The molecule has 1 unspecified atom stereocenters. The quantitative estimate of drug-likeness (QED) is 0.239. The SMILES string of the molecule is CC(=O)c1c(Cl)c(C(=O)NOCC(O)CO)c(Nc2ccc(I)cc2F)n1C. The van der Waals surface area contributed by atoms with Crippen molar-refractivity contribution >= 4 is 57.4 Å². The summed E-state index contributed by atoms with van der Waals surface area (Å²) in [5, 5.41) is 20.7. The van der Waals surface area contributed by atoms with E-state index in [1.807, 2.05) is 22.6 Å². The van der Waals surface area contributed by atoms with Crippen molar-refractivity contribution in [2.45, 2.75) is 13.0 Å². The summed E-state index contributed by atoms with van der Waals surface area (Å²) in [6.07, 6.45) is -1.18. The molecule has 0 spiro atoms. The van der Waals surface area contributed by atoms with Crippen molar-refractivity contribution in [3.63, 3.8) is 0 Å². The number of rotatable bonds is 8. The van der Waals surface area contributed by atoms with Crippen molar-refractivity contribution < 1.29 is 29.0 Å². The van der Waals surface area contributed by atoms with E-state index < -0.39 is 30.2 Å². The molecular formula is C17H18ClFIN3O5. The number of nitrogens with zero attached hydrogens (tertiary/aromatic N) is 1. The minimum Gasteiger partial charge on any atom is -0.394 e. The summed E-state index contributed by atoms with van der Waals surface area (Å²) in [4.78, 5) is 29.3. The molecule has 2 rings (SSSR count). The number of aliphatic hydroxyl groups excluding tert-OH is 2. The lowest BCUT2D eigenvalue weighted by Gasteiger charge is -2.13. The van der Waals surface area contributed by atoms with E-state index in [-0.39, 0.29) is 34.4 Å². The zero-order valence-corrected chi connectivity index (χ0v) is 17.8. The Kier molecular flexibility index (Phi) is 7.78. The Morgan fingerprint density at radius 3 is 2.68 bits per heavy atom. The van der Waals surface area contributed by atoms with Gasteiger partial charge in [-0.25, -0.2) is 9.87 Å². The fraction of sp³-hybridized carbons (Fsp3) is 0.294. The Bertz CT molecular complexity index is 905. The first kappa shape index (κ1) is 22.6. The molecule has 152 valence electrons. The van der Waals surface area contributed by atoms with Crippen LogP contribution in [0.5, 0.6) is 0 Å². The third kappa shape index (κ3) is 5.00. The largest absolute Gasteiger partial charge is 0.394 e. The van der Waals surface area contributed by atoms with Gasteiger partial charge in [0.15, 0.2) is 5.78 Å². The first-order valence-electron chi connectivity index (χ1n) is 7.99. The van der Waals surface area contributed by atoms with Gasteiger partial charge < -0.3 is 20.1 Å². The molecule has 0 saturated carbocycles. The molecule has 0 aliphatic carbocycles. The number of ketones is 1. The Labute approximate surface area is 178 Å². The minimum absolute atomic E-state index is 0.0515. The number of aliphatic hydroxyl groups is 2. The van der Waals surface area contributed by atoms with Gasteiger partial charge in [-0.3, -0.25) is 14.4 Å². The Hall–Kier alpha value is -1.73. The highest BCUT2D eigenvalue weighted by Crippen LogP contribution is 2.34. The van der Waals surface area contributed by atoms with Crippen molar-refractivity contribution in [1.29, 1.82) is 0 Å². The molecule has 0 aliphatic heterocycles. The van der Waals surface area contributed by atoms with Gasteiger partial charge in [-0.05, 0) is 40.8 Å². The molecule has 1 heterocycles. The number of Topliss-reactive ketones (excluding diaryl/α,β-unsaturated/α-hetero) is 1. The minimum atomic E-state index is -1.18. The van der Waals surface area contributed by atoms with Crippen LogP contribution in [0, 0.1) is 9.39 Å². The van der Waals surface area contributed by atoms with Crippen LogP contribution in [-0.2, 0) is 11.9 Å². The predicted octanol–water partition coefficient (Wildman–Crippen LogP) is 2.38. The highest BCUT2D eigenvalue weighted by Gasteiger charge is 2.28. The molecule has 0 bridgehead atoms. The standard InChI is InChI=1S/C17H18ClFIN3O5/c1-8(25)15-14(18)13(17(27)22-28-7-10(26)6-24)16(23(15)2)21-12-4-3-9(20)5-11(12)19/h3-5,10,21,24,26H,6-7H2,1-2H3,(H,22,27). The van der Waals surface area contributed by atoms with Gasteiger partial charge in [0.25, 0.3) is 5.91 Å². The normalized spacial score (nSPS) is 12.0. The van der Waals surface area contributed by atoms with Gasteiger partial charge in [-0.15, -0.1) is 0 Å². The number of aromatic nitrogens is 1. The Morgan fingerprint density at radius 2 is 2.11 bits per heavy atom. The van der Waals surface area contributed by atoms with Crippen LogP contribution >= 0.6 is 34.2 Å². The number of hydrogen-bond acceptors (Lipinski definition) is 6. The summed E-state index contributed by atoms with van der Waals surface area (Å²) < 4.78 is 16.3. The van der Waals surface area contributed by atoms with E-state index in [9.17, 15) is 19.1 Å². The number of hydroxylamine groups is 1. The Balaban J connectivity index is 2.41. The number of carbonyl (C=O) groups excluding carboxylic acids is 2. The molecule has 0 radical (unpaired) electrons. The molecule has 28 heavy (non-hydrogen) atoms. The summed E-state index contributed by atoms with van der Waals surface area (Å²) in [5.74, 6) is -1.68. The smallest absolute Gasteiger partial charge is 0.280 e. The van der Waals surface area contributed by atoms with E-state index in [1.165, 1.54) is 30.7 Å². The van der Waals surface area contributed by atoms with Gasteiger partial charge in [-0.2, -0.15) is 0 Å². The average Bonchev–Trinajstić information content (AvgIpc) is 2.87. The van der Waals surface area contributed by atoms with Gasteiger partial charge in [0, 0.05) is 17.5 Å². The lowest BCUT2D eigenvalue weighted by Crippen LogP contribution is -2.30. The van der Waals surface area contributed by atoms with Gasteiger partial charge in [0.05, 0.1) is 17.3 Å². The van der Waals surface area contributed by atoms with Crippen LogP contribution in [0.25, 0.3) is 0 Å². The van der Waals surface area contributed by atoms with E-state index in [0.29, 0.717) is 3.57 Å². The first-order valence-corrected chi connectivity index (χ1v) is 9.45. The van der Waals surface area contributed by atoms with Crippen LogP contribution in [0.1, 0.15) is 27.8 Å². The fourth-order valence-corrected chi connectivity index (χ4v) is 3.31. The van der Waals surface area contributed by atoms with Crippen LogP contribution in [-0.4, -0.2) is 45.8 Å². The molecule has 11 heteroatoms.